The minimum atomic E-state index is -0.227. The first-order valence-electron chi connectivity index (χ1n) is 7.71. The highest BCUT2D eigenvalue weighted by Gasteiger charge is 2.15. The molecule has 0 amide bonds. The Morgan fingerprint density at radius 3 is 2.67 bits per heavy atom. The Hall–Kier alpha value is -1.53. The predicted octanol–water partition coefficient (Wildman–Crippen LogP) is 4.37. The van der Waals surface area contributed by atoms with Gasteiger partial charge in [0.05, 0.1) is 18.1 Å². The topological polar surface area (TPSA) is 45.0 Å². The maximum Gasteiger partial charge on any atom is 0.124 e. The molecule has 0 aliphatic carbocycles. The van der Waals surface area contributed by atoms with Crippen LogP contribution in [0.4, 0.5) is 0 Å². The molecular weight excluding hydrogens is 260 g/mol. The van der Waals surface area contributed by atoms with E-state index in [1.165, 1.54) is 11.1 Å². The second-order valence-corrected chi connectivity index (χ2v) is 6.35. The summed E-state index contributed by atoms with van der Waals surface area (Å²) in [6.45, 7) is 8.89. The lowest BCUT2D eigenvalue weighted by atomic mass is 9.89. The molecule has 1 rings (SSSR count). The van der Waals surface area contributed by atoms with Gasteiger partial charge in [0.2, 0.25) is 0 Å². The fraction of sp³-hybridized carbons (Fsp3) is 0.611. The Bertz CT molecular complexity index is 488. The highest BCUT2D eigenvalue weighted by atomic mass is 16.5. The van der Waals surface area contributed by atoms with Gasteiger partial charge in [-0.2, -0.15) is 5.26 Å². The molecule has 0 saturated carbocycles. The molecule has 0 bridgehead atoms. The third-order valence-corrected chi connectivity index (χ3v) is 3.82. The fourth-order valence-electron chi connectivity index (χ4n) is 2.19. The van der Waals surface area contributed by atoms with Crippen molar-refractivity contribution in [3.05, 3.63) is 29.3 Å². The summed E-state index contributed by atoms with van der Waals surface area (Å²) < 4.78 is 5.97. The molecule has 0 aliphatic rings. The predicted molar refractivity (Wildman–Crippen MR) is 87.4 cm³/mol. The molecule has 1 aromatic rings. The second-order valence-electron chi connectivity index (χ2n) is 6.35. The van der Waals surface area contributed by atoms with E-state index in [4.69, 9.17) is 10.00 Å². The highest BCUT2D eigenvalue weighted by Crippen LogP contribution is 2.27. The van der Waals surface area contributed by atoms with Crippen molar-refractivity contribution in [1.29, 1.82) is 5.26 Å². The molecule has 3 nitrogen and oxygen atoms in total. The van der Waals surface area contributed by atoms with Crippen LogP contribution >= 0.6 is 0 Å². The Morgan fingerprint density at radius 1 is 1.33 bits per heavy atom. The number of hydrogen-bond acceptors (Lipinski definition) is 3. The SMILES string of the molecule is CNC(C)c1ccc(C)cc1OCCCCC(C)(C)C#N. The zero-order chi connectivity index (χ0) is 15.9. The monoisotopic (exact) mass is 288 g/mol. The van der Waals surface area contributed by atoms with Crippen LogP contribution in [0.25, 0.3) is 0 Å². The lowest BCUT2D eigenvalue weighted by molar-refractivity contribution is 0.290. The van der Waals surface area contributed by atoms with E-state index in [-0.39, 0.29) is 11.5 Å². The van der Waals surface area contributed by atoms with Crippen molar-refractivity contribution in [3.8, 4) is 11.8 Å². The summed E-state index contributed by atoms with van der Waals surface area (Å²) in [5.41, 5.74) is 2.18. The molecule has 3 heteroatoms. The van der Waals surface area contributed by atoms with Crippen molar-refractivity contribution in [3.63, 3.8) is 0 Å². The minimum Gasteiger partial charge on any atom is -0.493 e. The van der Waals surface area contributed by atoms with Crippen LogP contribution in [0, 0.1) is 23.7 Å². The van der Waals surface area contributed by atoms with Gasteiger partial charge in [0.15, 0.2) is 0 Å². The quantitative estimate of drug-likeness (QED) is 0.722. The van der Waals surface area contributed by atoms with Gasteiger partial charge in [-0.1, -0.05) is 12.1 Å². The molecule has 0 spiro atoms. The van der Waals surface area contributed by atoms with Gasteiger partial charge in [0.25, 0.3) is 0 Å². The largest absolute Gasteiger partial charge is 0.493 e. The zero-order valence-electron chi connectivity index (χ0n) is 14.0. The van der Waals surface area contributed by atoms with Crippen LogP contribution in [-0.2, 0) is 0 Å². The molecular formula is C18H28N2O. The third-order valence-electron chi connectivity index (χ3n) is 3.82. The van der Waals surface area contributed by atoms with Crippen molar-refractivity contribution < 1.29 is 4.74 Å². The molecule has 1 atom stereocenters. The van der Waals surface area contributed by atoms with Gasteiger partial charge >= 0.3 is 0 Å². The van der Waals surface area contributed by atoms with Crippen molar-refractivity contribution in [2.45, 2.75) is 53.0 Å². The molecule has 21 heavy (non-hydrogen) atoms. The first-order chi connectivity index (χ1) is 9.89. The van der Waals surface area contributed by atoms with Crippen molar-refractivity contribution in [2.24, 2.45) is 5.41 Å². The van der Waals surface area contributed by atoms with Gasteiger partial charge in [0, 0.05) is 11.6 Å². The van der Waals surface area contributed by atoms with E-state index in [0.717, 1.165) is 25.0 Å². The molecule has 0 aliphatic heterocycles. The summed E-state index contributed by atoms with van der Waals surface area (Å²) in [6.07, 6.45) is 2.91. The van der Waals surface area contributed by atoms with Crippen LogP contribution in [0.15, 0.2) is 18.2 Å². The maximum absolute atomic E-state index is 9.00. The molecule has 1 unspecified atom stereocenters. The van der Waals surface area contributed by atoms with Gasteiger partial charge in [-0.3, -0.25) is 0 Å². The van der Waals surface area contributed by atoms with E-state index in [1.807, 2.05) is 20.9 Å². The number of unbranched alkanes of at least 4 members (excludes halogenated alkanes) is 1. The average Bonchev–Trinajstić information content (AvgIpc) is 2.46. The van der Waals surface area contributed by atoms with Crippen LogP contribution in [0.3, 0.4) is 0 Å². The summed E-state index contributed by atoms with van der Waals surface area (Å²) in [6, 6.07) is 8.96. The summed E-state index contributed by atoms with van der Waals surface area (Å²) in [7, 11) is 1.96. The normalized spacial score (nSPS) is 12.8. The van der Waals surface area contributed by atoms with E-state index in [9.17, 15) is 0 Å². The number of ether oxygens (including phenoxy) is 1. The summed E-state index contributed by atoms with van der Waals surface area (Å²) >= 11 is 0. The summed E-state index contributed by atoms with van der Waals surface area (Å²) in [5.74, 6) is 0.969. The van der Waals surface area contributed by atoms with E-state index in [2.05, 4.69) is 43.4 Å². The number of aryl methyl sites for hydroxylation is 1. The molecule has 116 valence electrons. The summed E-state index contributed by atoms with van der Waals surface area (Å²) in [5, 5.41) is 12.2. The standard InChI is InChI=1S/C18H28N2O/c1-14-8-9-16(15(2)20-5)17(12-14)21-11-7-6-10-18(3,4)13-19/h8-9,12,15,20H,6-7,10-11H2,1-5H3. The Kier molecular flexibility index (Phi) is 6.71. The third kappa shape index (κ3) is 5.77. The van der Waals surface area contributed by atoms with Gasteiger partial charge in [-0.05, 0) is 65.6 Å². The Labute approximate surface area is 129 Å². The van der Waals surface area contributed by atoms with Crippen LogP contribution < -0.4 is 10.1 Å². The molecule has 0 radical (unpaired) electrons. The summed E-state index contributed by atoms with van der Waals surface area (Å²) in [4.78, 5) is 0. The van der Waals surface area contributed by atoms with Crippen molar-refractivity contribution in [2.75, 3.05) is 13.7 Å². The molecule has 0 fully saturated rings. The van der Waals surface area contributed by atoms with Gasteiger partial charge in [0.1, 0.15) is 5.75 Å². The number of nitriles is 1. The number of nitrogens with one attached hydrogen (secondary N) is 1. The van der Waals surface area contributed by atoms with E-state index >= 15 is 0 Å². The molecule has 0 aromatic heterocycles. The van der Waals surface area contributed by atoms with Crippen molar-refractivity contribution in [1.82, 2.24) is 5.32 Å². The van der Waals surface area contributed by atoms with Gasteiger partial charge < -0.3 is 10.1 Å². The lowest BCUT2D eigenvalue weighted by Gasteiger charge is -2.18. The smallest absolute Gasteiger partial charge is 0.124 e. The van der Waals surface area contributed by atoms with Gasteiger partial charge in [-0.15, -0.1) is 0 Å². The number of rotatable bonds is 8. The highest BCUT2D eigenvalue weighted by molar-refractivity contribution is 5.39. The maximum atomic E-state index is 9.00. The first-order valence-corrected chi connectivity index (χ1v) is 7.71. The average molecular weight is 288 g/mol. The van der Waals surface area contributed by atoms with E-state index in [1.54, 1.807) is 0 Å². The molecule has 0 heterocycles. The zero-order valence-corrected chi connectivity index (χ0v) is 14.0. The van der Waals surface area contributed by atoms with Crippen molar-refractivity contribution >= 4 is 0 Å². The molecule has 0 saturated heterocycles. The first kappa shape index (κ1) is 17.5. The second kappa shape index (κ2) is 8.05. The molecule has 1 N–H and O–H groups in total. The van der Waals surface area contributed by atoms with Gasteiger partial charge in [-0.25, -0.2) is 0 Å². The van der Waals surface area contributed by atoms with E-state index in [0.29, 0.717) is 6.61 Å². The number of nitrogens with zero attached hydrogens (tertiary/aromatic N) is 1. The fourth-order valence-corrected chi connectivity index (χ4v) is 2.19. The minimum absolute atomic E-state index is 0.227. The van der Waals surface area contributed by atoms with Crippen LogP contribution in [0.2, 0.25) is 0 Å². The lowest BCUT2D eigenvalue weighted by Crippen LogP contribution is -2.14. The van der Waals surface area contributed by atoms with E-state index < -0.39 is 0 Å². The number of benzene rings is 1. The Balaban J connectivity index is 2.52. The van der Waals surface area contributed by atoms with Crippen LogP contribution in [0.1, 0.15) is 57.2 Å². The molecule has 1 aromatic carbocycles. The van der Waals surface area contributed by atoms with Crippen LogP contribution in [-0.4, -0.2) is 13.7 Å². The Morgan fingerprint density at radius 2 is 2.05 bits per heavy atom. The number of hydrogen-bond donors (Lipinski definition) is 1. The van der Waals surface area contributed by atoms with Crippen LogP contribution in [0.5, 0.6) is 5.75 Å².